The fourth-order valence-electron chi connectivity index (χ4n) is 1.99. The summed E-state index contributed by atoms with van der Waals surface area (Å²) in [5.41, 5.74) is 8.37. The van der Waals surface area contributed by atoms with Crippen molar-refractivity contribution in [3.63, 3.8) is 0 Å². The molecule has 0 amide bonds. The Morgan fingerprint density at radius 3 is 2.50 bits per heavy atom. The highest BCUT2D eigenvalue weighted by Gasteiger charge is 2.14. The van der Waals surface area contributed by atoms with Gasteiger partial charge in [-0.15, -0.1) is 0 Å². The SMILES string of the molecule is COC(=O)C(N)Cc1ccc(-c2cccc(F)c2)cc1. The smallest absolute Gasteiger partial charge is 0.322 e. The van der Waals surface area contributed by atoms with Crippen LogP contribution in [0.3, 0.4) is 0 Å². The van der Waals surface area contributed by atoms with Crippen molar-refractivity contribution in [1.82, 2.24) is 0 Å². The van der Waals surface area contributed by atoms with Crippen LogP contribution in [0.25, 0.3) is 11.1 Å². The molecule has 2 rings (SSSR count). The average Bonchev–Trinajstić information content (AvgIpc) is 2.47. The molecule has 2 N–H and O–H groups in total. The van der Waals surface area contributed by atoms with Gasteiger partial charge in [-0.25, -0.2) is 4.39 Å². The van der Waals surface area contributed by atoms with E-state index >= 15 is 0 Å². The minimum Gasteiger partial charge on any atom is -0.468 e. The summed E-state index contributed by atoms with van der Waals surface area (Å²) >= 11 is 0. The van der Waals surface area contributed by atoms with Crippen molar-refractivity contribution < 1.29 is 13.9 Å². The van der Waals surface area contributed by atoms with E-state index in [1.165, 1.54) is 19.2 Å². The zero-order valence-corrected chi connectivity index (χ0v) is 11.2. The molecule has 1 unspecified atom stereocenters. The topological polar surface area (TPSA) is 52.3 Å². The van der Waals surface area contributed by atoms with Crippen LogP contribution in [0.1, 0.15) is 5.56 Å². The second kappa shape index (κ2) is 6.30. The third-order valence-corrected chi connectivity index (χ3v) is 3.07. The normalized spacial score (nSPS) is 11.9. The second-order valence-corrected chi connectivity index (χ2v) is 4.54. The summed E-state index contributed by atoms with van der Waals surface area (Å²) < 4.78 is 17.7. The third kappa shape index (κ3) is 3.42. The maximum absolute atomic E-state index is 13.2. The monoisotopic (exact) mass is 273 g/mol. The van der Waals surface area contributed by atoms with E-state index in [1.807, 2.05) is 30.3 Å². The minimum absolute atomic E-state index is 0.265. The molecule has 2 aromatic rings. The van der Waals surface area contributed by atoms with Gasteiger partial charge in [-0.05, 0) is 35.2 Å². The number of ether oxygens (including phenoxy) is 1. The molecule has 0 saturated carbocycles. The van der Waals surface area contributed by atoms with Gasteiger partial charge >= 0.3 is 5.97 Å². The van der Waals surface area contributed by atoms with Crippen LogP contribution >= 0.6 is 0 Å². The van der Waals surface area contributed by atoms with E-state index in [9.17, 15) is 9.18 Å². The molecule has 3 nitrogen and oxygen atoms in total. The van der Waals surface area contributed by atoms with Gasteiger partial charge in [-0.2, -0.15) is 0 Å². The minimum atomic E-state index is -0.667. The van der Waals surface area contributed by atoms with E-state index in [2.05, 4.69) is 4.74 Å². The van der Waals surface area contributed by atoms with Crippen LogP contribution in [-0.2, 0) is 16.0 Å². The molecular formula is C16H16FNO2. The quantitative estimate of drug-likeness (QED) is 0.871. The summed E-state index contributed by atoms with van der Waals surface area (Å²) in [4.78, 5) is 11.3. The second-order valence-electron chi connectivity index (χ2n) is 4.54. The summed E-state index contributed by atoms with van der Waals surface area (Å²) in [5, 5.41) is 0. The van der Waals surface area contributed by atoms with Gasteiger partial charge in [0.05, 0.1) is 7.11 Å². The number of carbonyl (C=O) groups is 1. The van der Waals surface area contributed by atoms with Gasteiger partial charge < -0.3 is 10.5 Å². The molecule has 20 heavy (non-hydrogen) atoms. The van der Waals surface area contributed by atoms with Gasteiger partial charge in [0.15, 0.2) is 0 Å². The first kappa shape index (κ1) is 14.2. The standard InChI is InChI=1S/C16H16FNO2/c1-20-16(19)15(18)9-11-5-7-12(8-6-11)13-3-2-4-14(17)10-13/h2-8,10,15H,9,18H2,1H3. The van der Waals surface area contributed by atoms with Crippen molar-refractivity contribution >= 4 is 5.97 Å². The number of hydrogen-bond acceptors (Lipinski definition) is 3. The van der Waals surface area contributed by atoms with Crippen LogP contribution in [-0.4, -0.2) is 19.1 Å². The summed E-state index contributed by atoms with van der Waals surface area (Å²) in [5.74, 6) is -0.696. The Labute approximate surface area is 117 Å². The van der Waals surface area contributed by atoms with Gasteiger partial charge in [0.25, 0.3) is 0 Å². The summed E-state index contributed by atoms with van der Waals surface area (Å²) in [7, 11) is 1.31. The fraction of sp³-hybridized carbons (Fsp3) is 0.188. The van der Waals surface area contributed by atoms with Gasteiger partial charge in [0.1, 0.15) is 11.9 Å². The number of rotatable bonds is 4. The zero-order chi connectivity index (χ0) is 14.5. The zero-order valence-electron chi connectivity index (χ0n) is 11.2. The lowest BCUT2D eigenvalue weighted by Crippen LogP contribution is -2.33. The highest BCUT2D eigenvalue weighted by molar-refractivity contribution is 5.75. The number of hydrogen-bond donors (Lipinski definition) is 1. The Hall–Kier alpha value is -2.20. The van der Waals surface area contributed by atoms with Gasteiger partial charge in [-0.1, -0.05) is 36.4 Å². The van der Waals surface area contributed by atoms with Gasteiger partial charge in [0.2, 0.25) is 0 Å². The summed E-state index contributed by atoms with van der Waals surface area (Å²) in [6.45, 7) is 0. The largest absolute Gasteiger partial charge is 0.468 e. The van der Waals surface area contributed by atoms with E-state index in [1.54, 1.807) is 6.07 Å². The Kier molecular flexibility index (Phi) is 4.48. The van der Waals surface area contributed by atoms with Crippen molar-refractivity contribution in [3.8, 4) is 11.1 Å². The molecule has 0 aliphatic heterocycles. The maximum atomic E-state index is 13.2. The number of halogens is 1. The van der Waals surface area contributed by atoms with E-state index in [0.29, 0.717) is 6.42 Å². The molecule has 2 aromatic carbocycles. The highest BCUT2D eigenvalue weighted by atomic mass is 19.1. The first-order valence-corrected chi connectivity index (χ1v) is 6.28. The van der Waals surface area contributed by atoms with Gasteiger partial charge in [0, 0.05) is 0 Å². The fourth-order valence-corrected chi connectivity index (χ4v) is 1.99. The molecule has 1 atom stereocenters. The Bertz CT molecular complexity index is 596. The number of benzene rings is 2. The van der Waals surface area contributed by atoms with Crippen LogP contribution < -0.4 is 5.73 Å². The van der Waals surface area contributed by atoms with Crippen LogP contribution in [0.15, 0.2) is 48.5 Å². The predicted octanol–water partition coefficient (Wildman–Crippen LogP) is 2.54. The molecule has 0 spiro atoms. The van der Waals surface area contributed by atoms with E-state index < -0.39 is 12.0 Å². The Balaban J connectivity index is 2.12. The van der Waals surface area contributed by atoms with Crippen molar-refractivity contribution in [2.24, 2.45) is 5.73 Å². The molecule has 0 saturated heterocycles. The van der Waals surface area contributed by atoms with Crippen molar-refractivity contribution in [1.29, 1.82) is 0 Å². The number of methoxy groups -OCH3 is 1. The predicted molar refractivity (Wildman–Crippen MR) is 75.5 cm³/mol. The first-order valence-electron chi connectivity index (χ1n) is 6.28. The van der Waals surface area contributed by atoms with Crippen molar-refractivity contribution in [2.45, 2.75) is 12.5 Å². The molecular weight excluding hydrogens is 257 g/mol. The molecule has 0 aliphatic rings. The van der Waals surface area contributed by atoms with E-state index in [4.69, 9.17) is 5.73 Å². The van der Waals surface area contributed by atoms with Crippen molar-refractivity contribution in [2.75, 3.05) is 7.11 Å². The lowest BCUT2D eigenvalue weighted by atomic mass is 10.0. The third-order valence-electron chi connectivity index (χ3n) is 3.07. The number of carbonyl (C=O) groups excluding carboxylic acids is 1. The molecule has 0 radical (unpaired) electrons. The molecule has 0 aromatic heterocycles. The molecule has 0 aliphatic carbocycles. The Morgan fingerprint density at radius 2 is 1.90 bits per heavy atom. The molecule has 104 valence electrons. The number of esters is 1. The summed E-state index contributed by atoms with van der Waals surface area (Å²) in [6, 6.07) is 13.3. The van der Waals surface area contributed by atoms with Gasteiger partial charge in [-0.3, -0.25) is 4.79 Å². The van der Waals surface area contributed by atoms with Crippen LogP contribution in [0.4, 0.5) is 4.39 Å². The van der Waals surface area contributed by atoms with E-state index in [-0.39, 0.29) is 5.82 Å². The lowest BCUT2D eigenvalue weighted by Gasteiger charge is -2.09. The molecule has 0 bridgehead atoms. The first-order chi connectivity index (χ1) is 9.60. The molecule has 0 fully saturated rings. The average molecular weight is 273 g/mol. The van der Waals surface area contributed by atoms with Crippen LogP contribution in [0.2, 0.25) is 0 Å². The lowest BCUT2D eigenvalue weighted by molar-refractivity contribution is -0.142. The highest BCUT2D eigenvalue weighted by Crippen LogP contribution is 2.20. The number of nitrogens with two attached hydrogens (primary N) is 1. The van der Waals surface area contributed by atoms with Crippen LogP contribution in [0.5, 0.6) is 0 Å². The molecule has 4 heteroatoms. The van der Waals surface area contributed by atoms with Crippen LogP contribution in [0, 0.1) is 5.82 Å². The van der Waals surface area contributed by atoms with E-state index in [0.717, 1.165) is 16.7 Å². The van der Waals surface area contributed by atoms with Crippen molar-refractivity contribution in [3.05, 3.63) is 59.9 Å². The molecule has 0 heterocycles. The summed E-state index contributed by atoms with van der Waals surface area (Å²) in [6.07, 6.45) is 0.413. The Morgan fingerprint density at radius 1 is 1.20 bits per heavy atom. The maximum Gasteiger partial charge on any atom is 0.322 e.